The Bertz CT molecular complexity index is 748. The number of aromatic nitrogens is 2. The fourth-order valence-electron chi connectivity index (χ4n) is 1.97. The lowest BCUT2D eigenvalue weighted by Crippen LogP contribution is -1.87. The third kappa shape index (κ3) is 3.00. The van der Waals surface area contributed by atoms with Crippen LogP contribution in [0.2, 0.25) is 0 Å². The Morgan fingerprint density at radius 1 is 0.952 bits per heavy atom. The number of hydrogen-bond acceptors (Lipinski definition) is 4. The van der Waals surface area contributed by atoms with Crippen LogP contribution in [0, 0.1) is 0 Å². The first-order valence-electron chi connectivity index (χ1n) is 6.57. The van der Waals surface area contributed by atoms with Gasteiger partial charge in [-0.05, 0) is 23.8 Å². The number of rotatable bonds is 4. The van der Waals surface area contributed by atoms with E-state index in [0.717, 1.165) is 11.1 Å². The van der Waals surface area contributed by atoms with Crippen LogP contribution in [0.3, 0.4) is 0 Å². The van der Waals surface area contributed by atoms with Gasteiger partial charge >= 0.3 is 0 Å². The van der Waals surface area contributed by atoms with Crippen molar-refractivity contribution in [1.82, 2.24) is 10.1 Å². The molecule has 2 aromatic carbocycles. The van der Waals surface area contributed by atoms with E-state index in [1.807, 2.05) is 66.7 Å². The molecule has 4 heteroatoms. The van der Waals surface area contributed by atoms with Crippen molar-refractivity contribution in [2.24, 2.45) is 0 Å². The summed E-state index contributed by atoms with van der Waals surface area (Å²) >= 11 is 0. The van der Waals surface area contributed by atoms with Crippen LogP contribution >= 0.6 is 0 Å². The van der Waals surface area contributed by atoms with Gasteiger partial charge in [-0.25, -0.2) is 0 Å². The van der Waals surface area contributed by atoms with E-state index in [4.69, 9.17) is 9.26 Å². The molecule has 0 spiro atoms. The van der Waals surface area contributed by atoms with Crippen molar-refractivity contribution in [3.63, 3.8) is 0 Å². The number of para-hydroxylation sites is 1. The van der Waals surface area contributed by atoms with Gasteiger partial charge in [-0.15, -0.1) is 0 Å². The van der Waals surface area contributed by atoms with Crippen LogP contribution in [0.5, 0.6) is 5.75 Å². The lowest BCUT2D eigenvalue weighted by Gasteiger charge is -2.02. The number of ether oxygens (including phenoxy) is 1. The van der Waals surface area contributed by atoms with E-state index >= 15 is 0 Å². The van der Waals surface area contributed by atoms with Gasteiger partial charge in [-0.1, -0.05) is 53.7 Å². The molecule has 0 N–H and O–H groups in total. The molecule has 0 bridgehead atoms. The summed E-state index contributed by atoms with van der Waals surface area (Å²) in [6, 6.07) is 17.5. The highest BCUT2D eigenvalue weighted by Gasteiger charge is 2.11. The Balaban J connectivity index is 1.85. The molecule has 0 saturated carbocycles. The Morgan fingerprint density at radius 2 is 1.71 bits per heavy atom. The van der Waals surface area contributed by atoms with Crippen LogP contribution in [-0.4, -0.2) is 17.3 Å². The van der Waals surface area contributed by atoms with E-state index in [2.05, 4.69) is 10.1 Å². The van der Waals surface area contributed by atoms with Gasteiger partial charge in [0.25, 0.3) is 5.89 Å². The highest BCUT2D eigenvalue weighted by molar-refractivity contribution is 5.68. The summed E-state index contributed by atoms with van der Waals surface area (Å²) in [5, 5.41) is 3.95. The van der Waals surface area contributed by atoms with Crippen molar-refractivity contribution >= 4 is 12.2 Å². The summed E-state index contributed by atoms with van der Waals surface area (Å²) in [6.45, 7) is 0. The van der Waals surface area contributed by atoms with Crippen LogP contribution < -0.4 is 4.74 Å². The Morgan fingerprint density at radius 3 is 2.52 bits per heavy atom. The summed E-state index contributed by atoms with van der Waals surface area (Å²) in [5.74, 6) is 1.68. The molecule has 104 valence electrons. The number of nitrogens with zero attached hydrogens (tertiary/aromatic N) is 2. The van der Waals surface area contributed by atoms with E-state index in [1.54, 1.807) is 7.11 Å². The largest absolute Gasteiger partial charge is 0.496 e. The molecule has 0 aliphatic heterocycles. The first-order valence-corrected chi connectivity index (χ1v) is 6.57. The zero-order chi connectivity index (χ0) is 14.5. The Kier molecular flexibility index (Phi) is 3.78. The summed E-state index contributed by atoms with van der Waals surface area (Å²) in [5.41, 5.74) is 1.87. The van der Waals surface area contributed by atoms with Gasteiger partial charge in [0.15, 0.2) is 5.82 Å². The maximum atomic E-state index is 5.29. The quantitative estimate of drug-likeness (QED) is 0.725. The third-order valence-electron chi connectivity index (χ3n) is 3.00. The van der Waals surface area contributed by atoms with Crippen LogP contribution in [-0.2, 0) is 0 Å². The second-order valence-electron chi connectivity index (χ2n) is 4.40. The van der Waals surface area contributed by atoms with Crippen LogP contribution in [0.15, 0.2) is 59.1 Å². The average Bonchev–Trinajstić information content (AvgIpc) is 3.02. The molecule has 4 nitrogen and oxygen atoms in total. The van der Waals surface area contributed by atoms with Gasteiger partial charge in [0, 0.05) is 0 Å². The van der Waals surface area contributed by atoms with E-state index in [1.165, 1.54) is 0 Å². The highest BCUT2D eigenvalue weighted by Crippen LogP contribution is 2.28. The lowest BCUT2D eigenvalue weighted by atomic mass is 10.2. The molecule has 21 heavy (non-hydrogen) atoms. The molecule has 1 heterocycles. The molecular weight excluding hydrogens is 264 g/mol. The number of benzene rings is 2. The van der Waals surface area contributed by atoms with Gasteiger partial charge < -0.3 is 9.26 Å². The molecule has 3 aromatic rings. The zero-order valence-corrected chi connectivity index (χ0v) is 11.6. The SMILES string of the molecule is COc1ccccc1-c1nc(C=Cc2ccccc2)no1. The maximum Gasteiger partial charge on any atom is 0.261 e. The van der Waals surface area contributed by atoms with Crippen LogP contribution in [0.4, 0.5) is 0 Å². The van der Waals surface area contributed by atoms with Crippen molar-refractivity contribution in [2.75, 3.05) is 7.11 Å². The van der Waals surface area contributed by atoms with Crippen molar-refractivity contribution in [2.45, 2.75) is 0 Å². The van der Waals surface area contributed by atoms with Crippen molar-refractivity contribution in [3.8, 4) is 17.2 Å². The van der Waals surface area contributed by atoms with Crippen LogP contribution in [0.25, 0.3) is 23.6 Å². The van der Waals surface area contributed by atoms with E-state index in [0.29, 0.717) is 17.5 Å². The molecule has 0 fully saturated rings. The summed E-state index contributed by atoms with van der Waals surface area (Å²) in [7, 11) is 1.62. The smallest absolute Gasteiger partial charge is 0.261 e. The Labute approximate surface area is 122 Å². The van der Waals surface area contributed by atoms with Gasteiger partial charge in [-0.3, -0.25) is 0 Å². The summed E-state index contributed by atoms with van der Waals surface area (Å²) in [4.78, 5) is 4.36. The zero-order valence-electron chi connectivity index (χ0n) is 11.6. The van der Waals surface area contributed by atoms with Crippen molar-refractivity contribution in [1.29, 1.82) is 0 Å². The fraction of sp³-hybridized carbons (Fsp3) is 0.0588. The molecule has 0 saturated heterocycles. The molecule has 0 amide bonds. The van der Waals surface area contributed by atoms with Crippen LogP contribution in [0.1, 0.15) is 11.4 Å². The maximum absolute atomic E-state index is 5.29. The van der Waals surface area contributed by atoms with E-state index in [-0.39, 0.29) is 0 Å². The van der Waals surface area contributed by atoms with Gasteiger partial charge in [0.1, 0.15) is 5.75 Å². The minimum Gasteiger partial charge on any atom is -0.496 e. The van der Waals surface area contributed by atoms with Gasteiger partial charge in [0.05, 0.1) is 12.7 Å². The molecule has 1 aromatic heterocycles. The van der Waals surface area contributed by atoms with Gasteiger partial charge in [-0.2, -0.15) is 4.98 Å². The first kappa shape index (κ1) is 13.1. The topological polar surface area (TPSA) is 48.2 Å². The second kappa shape index (κ2) is 6.05. The minimum atomic E-state index is 0.445. The van der Waals surface area contributed by atoms with Gasteiger partial charge in [0.2, 0.25) is 0 Å². The van der Waals surface area contributed by atoms with E-state index < -0.39 is 0 Å². The lowest BCUT2D eigenvalue weighted by molar-refractivity contribution is 0.404. The molecule has 3 rings (SSSR count). The van der Waals surface area contributed by atoms with E-state index in [9.17, 15) is 0 Å². The minimum absolute atomic E-state index is 0.445. The third-order valence-corrected chi connectivity index (χ3v) is 3.00. The average molecular weight is 278 g/mol. The molecule has 0 unspecified atom stereocenters. The summed E-state index contributed by atoms with van der Waals surface area (Å²) < 4.78 is 10.6. The molecule has 0 radical (unpaired) electrons. The molecule has 0 aliphatic carbocycles. The number of methoxy groups -OCH3 is 1. The molecule has 0 aliphatic rings. The van der Waals surface area contributed by atoms with Crippen molar-refractivity contribution in [3.05, 3.63) is 66.0 Å². The first-order chi connectivity index (χ1) is 10.4. The second-order valence-corrected chi connectivity index (χ2v) is 4.40. The normalized spacial score (nSPS) is 10.9. The molecule has 0 atom stereocenters. The number of hydrogen-bond donors (Lipinski definition) is 0. The predicted molar refractivity (Wildman–Crippen MR) is 81.7 cm³/mol. The predicted octanol–water partition coefficient (Wildman–Crippen LogP) is 3.92. The highest BCUT2D eigenvalue weighted by atomic mass is 16.5. The monoisotopic (exact) mass is 278 g/mol. The van der Waals surface area contributed by atoms with Crippen molar-refractivity contribution < 1.29 is 9.26 Å². The Hall–Kier alpha value is -2.88. The standard InChI is InChI=1S/C17H14N2O2/c1-20-15-10-6-5-9-14(15)17-18-16(19-21-17)12-11-13-7-3-2-4-8-13/h2-12H,1H3. The molecular formula is C17H14N2O2. The fourth-order valence-corrected chi connectivity index (χ4v) is 1.97. The summed E-state index contributed by atoms with van der Waals surface area (Å²) in [6.07, 6.45) is 3.76.